The summed E-state index contributed by atoms with van der Waals surface area (Å²) in [6, 6.07) is 4.93. The average Bonchev–Trinajstić information content (AvgIpc) is 3.32. The van der Waals surface area contributed by atoms with Crippen LogP contribution in [0.2, 0.25) is 0 Å². The van der Waals surface area contributed by atoms with E-state index in [0.717, 1.165) is 22.0 Å². The van der Waals surface area contributed by atoms with Crippen LogP contribution in [0, 0.1) is 13.8 Å². The van der Waals surface area contributed by atoms with E-state index in [1.54, 1.807) is 18.4 Å². The predicted molar refractivity (Wildman–Crippen MR) is 91.7 cm³/mol. The van der Waals surface area contributed by atoms with Gasteiger partial charge >= 0.3 is 12.0 Å². The zero-order chi connectivity index (χ0) is 18.8. The van der Waals surface area contributed by atoms with Gasteiger partial charge < -0.3 is 19.0 Å². The summed E-state index contributed by atoms with van der Waals surface area (Å²) in [5.41, 5.74) is 1.99. The summed E-state index contributed by atoms with van der Waals surface area (Å²) in [4.78, 5) is 37.4. The lowest BCUT2D eigenvalue weighted by Crippen LogP contribution is -2.41. The van der Waals surface area contributed by atoms with Crippen molar-refractivity contribution >= 4 is 17.9 Å². The number of aryl methyl sites for hydroxylation is 1. The monoisotopic (exact) mass is 359 g/mol. The van der Waals surface area contributed by atoms with E-state index in [-0.39, 0.29) is 6.54 Å². The van der Waals surface area contributed by atoms with Crippen LogP contribution in [0.5, 0.6) is 0 Å². The number of carbonyl (C=O) groups is 3. The summed E-state index contributed by atoms with van der Waals surface area (Å²) < 4.78 is 12.6. The van der Waals surface area contributed by atoms with E-state index >= 15 is 0 Å². The Morgan fingerprint density at radius 1 is 1.38 bits per heavy atom. The molecule has 1 aliphatic heterocycles. The number of nitrogens with one attached hydrogen (secondary N) is 1. The van der Waals surface area contributed by atoms with Crippen molar-refractivity contribution in [3.05, 3.63) is 47.2 Å². The number of rotatable bonds is 5. The van der Waals surface area contributed by atoms with Crippen LogP contribution in [-0.4, -0.2) is 46.6 Å². The first-order valence-electron chi connectivity index (χ1n) is 8.37. The Morgan fingerprint density at radius 3 is 2.77 bits per heavy atom. The molecule has 8 heteroatoms. The van der Waals surface area contributed by atoms with Gasteiger partial charge in [0.05, 0.1) is 18.4 Å². The van der Waals surface area contributed by atoms with E-state index < -0.39 is 24.0 Å². The van der Waals surface area contributed by atoms with Crippen molar-refractivity contribution in [2.75, 3.05) is 13.1 Å². The maximum Gasteiger partial charge on any atom is 0.340 e. The van der Waals surface area contributed by atoms with Crippen molar-refractivity contribution in [1.29, 1.82) is 0 Å². The van der Waals surface area contributed by atoms with E-state index in [1.165, 1.54) is 6.92 Å². The number of imide groups is 1. The van der Waals surface area contributed by atoms with Crippen molar-refractivity contribution in [3.63, 3.8) is 0 Å². The minimum absolute atomic E-state index is 0.275. The quantitative estimate of drug-likeness (QED) is 0.822. The molecule has 1 saturated heterocycles. The van der Waals surface area contributed by atoms with E-state index in [4.69, 9.17) is 9.15 Å². The fourth-order valence-electron chi connectivity index (χ4n) is 2.99. The lowest BCUT2D eigenvalue weighted by Gasteiger charge is -2.18. The summed E-state index contributed by atoms with van der Waals surface area (Å²) in [5.74, 6) is -0.350. The van der Waals surface area contributed by atoms with E-state index in [1.807, 2.05) is 24.5 Å². The van der Waals surface area contributed by atoms with Gasteiger partial charge in [0.2, 0.25) is 0 Å². The molecule has 0 saturated carbocycles. The van der Waals surface area contributed by atoms with Gasteiger partial charge in [0.15, 0.2) is 6.10 Å². The molecule has 0 spiro atoms. The average molecular weight is 359 g/mol. The van der Waals surface area contributed by atoms with Crippen LogP contribution < -0.4 is 5.32 Å². The van der Waals surface area contributed by atoms with Gasteiger partial charge in [-0.05, 0) is 39.0 Å². The number of hydrogen-bond acceptors (Lipinski definition) is 5. The second-order valence-electron chi connectivity index (χ2n) is 6.22. The molecule has 8 nitrogen and oxygen atoms in total. The Labute approximate surface area is 150 Å². The fraction of sp³-hybridized carbons (Fsp3) is 0.389. The number of ether oxygens (including phenoxy) is 1. The summed E-state index contributed by atoms with van der Waals surface area (Å²) in [7, 11) is 0. The predicted octanol–water partition coefficient (Wildman–Crippen LogP) is 1.84. The first kappa shape index (κ1) is 17.8. The highest BCUT2D eigenvalue weighted by Gasteiger charge is 2.32. The van der Waals surface area contributed by atoms with Gasteiger partial charge in [0.1, 0.15) is 5.76 Å². The molecule has 1 aliphatic rings. The lowest BCUT2D eigenvalue weighted by atomic mass is 10.2. The molecule has 0 bridgehead atoms. The highest BCUT2D eigenvalue weighted by Crippen LogP contribution is 2.19. The number of carbonyl (C=O) groups excluding carboxylic acids is 3. The van der Waals surface area contributed by atoms with Gasteiger partial charge in [-0.3, -0.25) is 9.69 Å². The summed E-state index contributed by atoms with van der Waals surface area (Å²) >= 11 is 0. The molecule has 3 rings (SSSR count). The molecule has 1 atom stereocenters. The van der Waals surface area contributed by atoms with E-state index in [2.05, 4.69) is 5.32 Å². The molecule has 0 aliphatic carbocycles. The minimum atomic E-state index is -1.04. The molecule has 1 fully saturated rings. The second-order valence-corrected chi connectivity index (χ2v) is 6.22. The first-order chi connectivity index (χ1) is 12.4. The third-order valence-electron chi connectivity index (χ3n) is 4.44. The molecule has 3 heterocycles. The molecule has 0 unspecified atom stereocenters. The Kier molecular flexibility index (Phi) is 4.83. The number of urea groups is 1. The highest BCUT2D eigenvalue weighted by atomic mass is 16.5. The summed E-state index contributed by atoms with van der Waals surface area (Å²) in [5, 5.41) is 2.54. The SMILES string of the molecule is Cc1cc(C(=O)O[C@H](C)C(=O)N2CCNC2=O)c(C)n1Cc1ccco1. The van der Waals surface area contributed by atoms with Crippen LogP contribution in [0.1, 0.15) is 34.4 Å². The number of aromatic nitrogens is 1. The highest BCUT2D eigenvalue weighted by molar-refractivity contribution is 5.99. The summed E-state index contributed by atoms with van der Waals surface area (Å²) in [6.45, 7) is 6.34. The molecule has 3 amide bonds. The Bertz CT molecular complexity index is 837. The third kappa shape index (κ3) is 3.35. The first-order valence-corrected chi connectivity index (χ1v) is 8.37. The lowest BCUT2D eigenvalue weighted by molar-refractivity contribution is -0.136. The van der Waals surface area contributed by atoms with Gasteiger partial charge in [0.25, 0.3) is 5.91 Å². The molecule has 0 aromatic carbocycles. The maximum absolute atomic E-state index is 12.5. The normalized spacial score (nSPS) is 15.0. The van der Waals surface area contributed by atoms with Crippen LogP contribution in [0.3, 0.4) is 0 Å². The van der Waals surface area contributed by atoms with Gasteiger partial charge in [-0.2, -0.15) is 0 Å². The van der Waals surface area contributed by atoms with Gasteiger partial charge in [0, 0.05) is 24.5 Å². The standard InChI is InChI=1S/C18H21N3O5/c1-11-9-15(12(2)21(11)10-14-5-4-8-25-14)17(23)26-13(3)16(22)20-7-6-19-18(20)24/h4-5,8-9,13H,6-7,10H2,1-3H3,(H,19,24)/t13-/m1/s1. The molecule has 1 N–H and O–H groups in total. The molecule has 2 aromatic heterocycles. The fourth-order valence-corrected chi connectivity index (χ4v) is 2.99. The van der Waals surface area contributed by atoms with Crippen LogP contribution >= 0.6 is 0 Å². The molecule has 0 radical (unpaired) electrons. The smallest absolute Gasteiger partial charge is 0.340 e. The van der Waals surface area contributed by atoms with E-state index in [0.29, 0.717) is 18.7 Å². The number of hydrogen-bond donors (Lipinski definition) is 1. The molecule has 138 valence electrons. The van der Waals surface area contributed by atoms with Gasteiger partial charge in [-0.15, -0.1) is 0 Å². The Balaban J connectivity index is 1.71. The zero-order valence-corrected chi connectivity index (χ0v) is 14.9. The van der Waals surface area contributed by atoms with E-state index in [9.17, 15) is 14.4 Å². The van der Waals surface area contributed by atoms with Gasteiger partial charge in [-0.25, -0.2) is 9.59 Å². The maximum atomic E-state index is 12.5. The van der Waals surface area contributed by atoms with Crippen LogP contribution in [0.15, 0.2) is 28.9 Å². The summed E-state index contributed by atoms with van der Waals surface area (Å²) in [6.07, 6.45) is 0.556. The third-order valence-corrected chi connectivity index (χ3v) is 4.44. The van der Waals surface area contributed by atoms with Crippen molar-refractivity contribution in [1.82, 2.24) is 14.8 Å². The van der Waals surface area contributed by atoms with Crippen LogP contribution in [-0.2, 0) is 16.1 Å². The van der Waals surface area contributed by atoms with Crippen molar-refractivity contribution in [3.8, 4) is 0 Å². The van der Waals surface area contributed by atoms with Crippen LogP contribution in [0.25, 0.3) is 0 Å². The second kappa shape index (κ2) is 7.07. The van der Waals surface area contributed by atoms with Crippen molar-refractivity contribution < 1.29 is 23.5 Å². The van der Waals surface area contributed by atoms with Crippen molar-refractivity contribution in [2.24, 2.45) is 0 Å². The van der Waals surface area contributed by atoms with Crippen LogP contribution in [0.4, 0.5) is 4.79 Å². The Morgan fingerprint density at radius 2 is 2.15 bits per heavy atom. The molecular formula is C18H21N3O5. The number of nitrogens with zero attached hydrogens (tertiary/aromatic N) is 2. The Hall–Kier alpha value is -3.03. The number of furan rings is 1. The zero-order valence-electron chi connectivity index (χ0n) is 14.9. The largest absolute Gasteiger partial charge is 0.467 e. The molecule has 2 aromatic rings. The topological polar surface area (TPSA) is 93.8 Å². The number of amides is 3. The number of esters is 1. The minimum Gasteiger partial charge on any atom is -0.467 e. The van der Waals surface area contributed by atoms with Crippen molar-refractivity contribution in [2.45, 2.75) is 33.4 Å². The molecule has 26 heavy (non-hydrogen) atoms. The van der Waals surface area contributed by atoms with Gasteiger partial charge in [-0.1, -0.05) is 0 Å². The molecular weight excluding hydrogens is 338 g/mol.